The first kappa shape index (κ1) is 36.9. The molecule has 0 unspecified atom stereocenters. The van der Waals surface area contributed by atoms with E-state index in [1.165, 1.54) is 43.6 Å². The summed E-state index contributed by atoms with van der Waals surface area (Å²) in [7, 11) is -1.52. The van der Waals surface area contributed by atoms with Crippen LogP contribution in [0.3, 0.4) is 0 Å². The first-order valence-electron chi connectivity index (χ1n) is 15.5. The highest BCUT2D eigenvalue weighted by atomic mass is 32.2. The van der Waals surface area contributed by atoms with Crippen LogP contribution < -0.4 is 14.8 Å². The molecule has 0 aliphatic carbocycles. The van der Waals surface area contributed by atoms with Crippen LogP contribution >= 0.6 is 0 Å². The minimum atomic E-state index is -4.26. The fraction of sp³-hybridized carbons (Fsp3) is 0.265. The Morgan fingerprint density at radius 2 is 1.59 bits per heavy atom. The lowest BCUT2D eigenvalue weighted by atomic mass is 9.96. The zero-order valence-corrected chi connectivity index (χ0v) is 28.4. The zero-order valence-electron chi connectivity index (χ0n) is 27.6. The number of ether oxygens (including phenoxy) is 5. The van der Waals surface area contributed by atoms with Crippen molar-refractivity contribution in [3.63, 3.8) is 0 Å². The van der Waals surface area contributed by atoms with E-state index in [1.54, 1.807) is 43.8 Å². The van der Waals surface area contributed by atoms with E-state index in [9.17, 15) is 13.2 Å². The van der Waals surface area contributed by atoms with E-state index in [-0.39, 0.29) is 42.2 Å². The van der Waals surface area contributed by atoms with Gasteiger partial charge in [0.05, 0.1) is 74.9 Å². The highest BCUT2D eigenvalue weighted by molar-refractivity contribution is 7.92. The van der Waals surface area contributed by atoms with Gasteiger partial charge in [-0.2, -0.15) is 19.6 Å². The number of amides is 1. The second-order valence-corrected chi connectivity index (χ2v) is 12.4. The lowest BCUT2D eigenvalue weighted by Gasteiger charge is -2.17. The maximum Gasteiger partial charge on any atom is 0.408 e. The Morgan fingerprint density at radius 3 is 2.33 bits per heavy atom. The van der Waals surface area contributed by atoms with E-state index in [0.29, 0.717) is 36.3 Å². The Kier molecular flexibility index (Phi) is 12.7. The van der Waals surface area contributed by atoms with Gasteiger partial charge in [-0.3, -0.25) is 9.71 Å². The molecule has 0 saturated carbocycles. The number of hydrogen-bond donors (Lipinski definition) is 2. The number of alkyl carbamates (subject to hydrolysis) is 1. The van der Waals surface area contributed by atoms with Crippen molar-refractivity contribution < 1.29 is 45.7 Å². The summed E-state index contributed by atoms with van der Waals surface area (Å²) in [6.07, 6.45) is 3.71. The highest BCUT2D eigenvalue weighted by Crippen LogP contribution is 2.42. The largest absolute Gasteiger partial charge is 0.480 e. The summed E-state index contributed by atoms with van der Waals surface area (Å²) in [5.74, 6) is -3.49. The van der Waals surface area contributed by atoms with Gasteiger partial charge in [-0.15, -0.1) is 0 Å². The normalized spacial score (nSPS) is 11.4. The molecule has 0 bridgehead atoms. The molecule has 5 rings (SSSR count). The van der Waals surface area contributed by atoms with E-state index in [2.05, 4.69) is 30.2 Å². The van der Waals surface area contributed by atoms with Gasteiger partial charge >= 0.3 is 6.09 Å². The van der Waals surface area contributed by atoms with E-state index in [0.717, 1.165) is 5.56 Å². The Bertz CT molecular complexity index is 2080. The van der Waals surface area contributed by atoms with Gasteiger partial charge in [-0.25, -0.2) is 17.6 Å². The van der Waals surface area contributed by atoms with Gasteiger partial charge in [0.2, 0.25) is 11.8 Å². The first-order chi connectivity index (χ1) is 24.7. The first-order valence-corrected chi connectivity index (χ1v) is 17.1. The lowest BCUT2D eigenvalue weighted by Crippen LogP contribution is -2.33. The number of anilines is 1. The number of benzene rings is 2. The lowest BCUT2D eigenvalue weighted by molar-refractivity contribution is 0.0132. The van der Waals surface area contributed by atoms with Crippen molar-refractivity contribution >= 4 is 32.7 Å². The number of sulfonamides is 1. The van der Waals surface area contributed by atoms with Crippen LogP contribution in [-0.4, -0.2) is 94.4 Å². The molecule has 14 nitrogen and oxygen atoms in total. The summed E-state index contributed by atoms with van der Waals surface area (Å²) in [6, 6.07) is 14.1. The van der Waals surface area contributed by atoms with Crippen molar-refractivity contribution in [3.05, 3.63) is 85.0 Å². The Hall–Kier alpha value is -5.36. The van der Waals surface area contributed by atoms with Gasteiger partial charge in [-0.05, 0) is 41.5 Å². The molecule has 1 amide bonds. The number of hydrogen-bond acceptors (Lipinski definition) is 12. The molecule has 2 N–H and O–H groups in total. The van der Waals surface area contributed by atoms with Crippen molar-refractivity contribution in [2.45, 2.75) is 0 Å². The van der Waals surface area contributed by atoms with E-state index in [4.69, 9.17) is 23.7 Å². The van der Waals surface area contributed by atoms with Crippen LogP contribution in [0.2, 0.25) is 0 Å². The van der Waals surface area contributed by atoms with E-state index >= 15 is 8.78 Å². The summed E-state index contributed by atoms with van der Waals surface area (Å²) >= 11 is 0. The molecule has 0 saturated heterocycles. The second kappa shape index (κ2) is 17.5. The molecule has 51 heavy (non-hydrogen) atoms. The van der Waals surface area contributed by atoms with Gasteiger partial charge in [0.25, 0.3) is 10.0 Å². The topological polar surface area (TPSA) is 173 Å². The van der Waals surface area contributed by atoms with Crippen LogP contribution in [0.4, 0.5) is 19.3 Å². The number of fused-ring (bicyclic) bond motifs is 1. The number of carbonyl (C=O) groups excluding carboxylic acids is 1. The molecule has 0 aliphatic heterocycles. The van der Waals surface area contributed by atoms with Gasteiger partial charge in [-0.1, -0.05) is 24.3 Å². The maximum atomic E-state index is 16.6. The fourth-order valence-corrected chi connectivity index (χ4v) is 5.89. The predicted molar refractivity (Wildman–Crippen MR) is 183 cm³/mol. The van der Waals surface area contributed by atoms with Crippen LogP contribution in [0.15, 0.2) is 73.2 Å². The van der Waals surface area contributed by atoms with Crippen LogP contribution in [0.5, 0.6) is 5.88 Å². The van der Waals surface area contributed by atoms with Crippen LogP contribution in [0, 0.1) is 11.8 Å². The molecule has 0 fully saturated rings. The van der Waals surface area contributed by atoms with Gasteiger partial charge in [0, 0.05) is 29.8 Å². The maximum absolute atomic E-state index is 16.6. The molecular weight excluding hydrogens is 690 g/mol. The number of rotatable bonds is 17. The molecule has 17 heteroatoms. The van der Waals surface area contributed by atoms with Crippen LogP contribution in [-0.2, 0) is 29.0 Å². The number of para-hydroxylation sites is 1. The molecule has 0 aliphatic rings. The molecule has 2 aromatic carbocycles. The minimum Gasteiger partial charge on any atom is -0.480 e. The average Bonchev–Trinajstić information content (AvgIpc) is 3.13. The Labute approximate surface area is 292 Å². The molecule has 0 radical (unpaired) electrons. The number of halogens is 2. The summed E-state index contributed by atoms with van der Waals surface area (Å²) in [4.78, 5) is 20.4. The molecule has 3 heterocycles. The van der Waals surface area contributed by atoms with Crippen molar-refractivity contribution in [3.8, 4) is 39.3 Å². The zero-order chi connectivity index (χ0) is 36.2. The molecule has 3 aromatic heterocycles. The molecule has 268 valence electrons. The number of nitrogens with zero attached hydrogens (tertiary/aromatic N) is 4. The monoisotopic (exact) mass is 724 g/mol. The molecule has 5 aromatic rings. The standard InChI is InChI=1S/C34H34F2N6O8S/c1-46-13-14-48-15-16-49-17-18-50-34(43)38-21-51(44,45)42-28-6-4-3-5-25(28)30-31(35)29(32(36)41-33(30)47-2)22-7-8-27-26(19-22)24(10-11-37-27)23-9-12-39-40-20-23/h3-12,19-20,42H,13-18,21H2,1-2H3,(H,38,43). The van der Waals surface area contributed by atoms with Crippen molar-refractivity contribution in [1.29, 1.82) is 0 Å². The van der Waals surface area contributed by atoms with Crippen molar-refractivity contribution in [1.82, 2.24) is 25.5 Å². The van der Waals surface area contributed by atoms with Crippen LogP contribution in [0.1, 0.15) is 0 Å². The minimum absolute atomic E-state index is 0.00102. The van der Waals surface area contributed by atoms with Gasteiger partial charge < -0.3 is 29.0 Å². The third kappa shape index (κ3) is 9.46. The molecular formula is C34H34F2N6O8S. The van der Waals surface area contributed by atoms with E-state index in [1.807, 2.05) is 0 Å². The fourth-order valence-electron chi connectivity index (χ4n) is 5.00. The van der Waals surface area contributed by atoms with E-state index < -0.39 is 45.2 Å². The summed E-state index contributed by atoms with van der Waals surface area (Å²) in [5, 5.41) is 10.5. The number of methoxy groups -OCH3 is 2. The number of nitrogens with one attached hydrogen (secondary N) is 2. The third-order valence-electron chi connectivity index (χ3n) is 7.31. The third-order valence-corrected chi connectivity index (χ3v) is 8.37. The predicted octanol–water partition coefficient (Wildman–Crippen LogP) is 4.81. The molecule has 0 spiro atoms. The Morgan fingerprint density at radius 1 is 0.824 bits per heavy atom. The summed E-state index contributed by atoms with van der Waals surface area (Å²) in [5.41, 5.74) is 1.30. The highest BCUT2D eigenvalue weighted by Gasteiger charge is 2.26. The average molecular weight is 725 g/mol. The van der Waals surface area contributed by atoms with Gasteiger partial charge in [0.1, 0.15) is 18.3 Å². The van der Waals surface area contributed by atoms with Crippen molar-refractivity contribution in [2.75, 3.05) is 64.5 Å². The second-order valence-electron chi connectivity index (χ2n) is 10.6. The van der Waals surface area contributed by atoms with Gasteiger partial charge in [0.15, 0.2) is 0 Å². The van der Waals surface area contributed by atoms with Crippen LogP contribution in [0.25, 0.3) is 44.3 Å². The molecule has 0 atom stereocenters. The van der Waals surface area contributed by atoms with Crippen molar-refractivity contribution in [2.24, 2.45) is 0 Å². The number of pyridine rings is 2. The summed E-state index contributed by atoms with van der Waals surface area (Å²) in [6.45, 7) is 1.43. The quantitative estimate of drug-likeness (QED) is 0.0992. The SMILES string of the molecule is COCCOCCOCCOC(=O)NCS(=O)(=O)Nc1ccccc1-c1c(OC)nc(F)c(-c2ccc3nccc(-c4ccnnc4)c3c2)c1F. The smallest absolute Gasteiger partial charge is 0.408 e. The number of carbonyl (C=O) groups is 1. The Balaban J connectivity index is 1.35. The number of aromatic nitrogens is 4. The summed E-state index contributed by atoms with van der Waals surface area (Å²) < 4.78 is 86.2.